The van der Waals surface area contributed by atoms with Crippen molar-refractivity contribution in [3.8, 4) is 5.75 Å². The number of carbonyl (C=O) groups is 1. The smallest absolute Gasteiger partial charge is 0.336 e. The van der Waals surface area contributed by atoms with Crippen LogP contribution in [0.3, 0.4) is 0 Å². The van der Waals surface area contributed by atoms with Gasteiger partial charge in [0, 0.05) is 36.7 Å². The molecule has 0 saturated carbocycles. The number of primary amides is 1. The minimum Gasteiger partial charge on any atom is -0.508 e. The molecule has 1 aromatic heterocycles. The van der Waals surface area contributed by atoms with Gasteiger partial charge in [-0.15, -0.1) is 0 Å². The van der Waals surface area contributed by atoms with Crippen LogP contribution in [0.4, 0.5) is 0 Å². The van der Waals surface area contributed by atoms with Crippen LogP contribution in [-0.2, 0) is 17.8 Å². The SMILES string of the molecule is CCc1cc2c(CN3C[C@H](C(N)=O)CC[C@@H]3C)cc(=O)oc2cc1O. The number of hydrogen-bond donors (Lipinski definition) is 2. The van der Waals surface area contributed by atoms with E-state index in [9.17, 15) is 14.7 Å². The molecule has 0 aliphatic carbocycles. The Labute approximate surface area is 146 Å². The summed E-state index contributed by atoms with van der Waals surface area (Å²) in [4.78, 5) is 25.7. The minimum absolute atomic E-state index is 0.135. The number of hydrogen-bond acceptors (Lipinski definition) is 5. The molecule has 6 heteroatoms. The standard InChI is InChI=1S/C19H24N2O4/c1-3-12-6-15-14(7-18(23)25-17(15)8-16(12)22)10-21-9-13(19(20)24)5-4-11(21)2/h6-8,11,13,22H,3-5,9-10H2,1-2H3,(H2,20,24)/t11-,13+/m0/s1. The molecule has 1 aliphatic rings. The van der Waals surface area contributed by atoms with Crippen LogP contribution >= 0.6 is 0 Å². The number of carbonyl (C=O) groups excluding carboxylic acids is 1. The maximum Gasteiger partial charge on any atom is 0.336 e. The number of likely N-dealkylation sites (tertiary alicyclic amines) is 1. The number of phenols is 1. The summed E-state index contributed by atoms with van der Waals surface area (Å²) >= 11 is 0. The van der Waals surface area contributed by atoms with Crippen LogP contribution in [0.2, 0.25) is 0 Å². The number of amides is 1. The zero-order chi connectivity index (χ0) is 18.1. The Balaban J connectivity index is 1.99. The van der Waals surface area contributed by atoms with E-state index in [0.29, 0.717) is 31.1 Å². The first-order valence-electron chi connectivity index (χ1n) is 8.71. The second kappa shape index (κ2) is 6.88. The Morgan fingerprint density at radius 3 is 2.76 bits per heavy atom. The summed E-state index contributed by atoms with van der Waals surface area (Å²) in [5.41, 5.74) is 7.07. The molecule has 2 aromatic rings. The van der Waals surface area contributed by atoms with Crippen LogP contribution < -0.4 is 11.4 Å². The van der Waals surface area contributed by atoms with Gasteiger partial charge in [-0.3, -0.25) is 9.69 Å². The highest BCUT2D eigenvalue weighted by atomic mass is 16.4. The molecule has 134 valence electrons. The number of nitrogens with zero attached hydrogens (tertiary/aromatic N) is 1. The molecule has 1 saturated heterocycles. The molecule has 6 nitrogen and oxygen atoms in total. The van der Waals surface area contributed by atoms with E-state index in [1.54, 1.807) is 0 Å². The van der Waals surface area contributed by atoms with Crippen LogP contribution in [-0.4, -0.2) is 28.5 Å². The predicted molar refractivity (Wildman–Crippen MR) is 95.3 cm³/mol. The highest BCUT2D eigenvalue weighted by Gasteiger charge is 2.29. The molecule has 3 N–H and O–H groups in total. The van der Waals surface area contributed by atoms with Gasteiger partial charge < -0.3 is 15.3 Å². The van der Waals surface area contributed by atoms with E-state index < -0.39 is 5.63 Å². The summed E-state index contributed by atoms with van der Waals surface area (Å²) in [6.45, 7) is 5.22. The molecule has 1 aromatic carbocycles. The molecule has 1 amide bonds. The third kappa shape index (κ3) is 3.54. The lowest BCUT2D eigenvalue weighted by molar-refractivity contribution is -0.124. The van der Waals surface area contributed by atoms with Crippen molar-refractivity contribution in [1.82, 2.24) is 4.90 Å². The summed E-state index contributed by atoms with van der Waals surface area (Å²) in [5.74, 6) is -0.291. The number of phenolic OH excluding ortho intramolecular Hbond substituents is 1. The quantitative estimate of drug-likeness (QED) is 0.828. The lowest BCUT2D eigenvalue weighted by atomic mass is 9.92. The predicted octanol–water partition coefficient (Wildman–Crippen LogP) is 2.15. The molecular weight excluding hydrogens is 320 g/mol. The Morgan fingerprint density at radius 1 is 1.32 bits per heavy atom. The lowest BCUT2D eigenvalue weighted by Crippen LogP contribution is -2.45. The van der Waals surface area contributed by atoms with Gasteiger partial charge in [-0.2, -0.15) is 0 Å². The van der Waals surface area contributed by atoms with Crippen LogP contribution in [0.25, 0.3) is 11.0 Å². The van der Waals surface area contributed by atoms with E-state index in [1.807, 2.05) is 13.0 Å². The summed E-state index contributed by atoms with van der Waals surface area (Å²) in [6, 6.07) is 5.19. The van der Waals surface area contributed by atoms with E-state index in [-0.39, 0.29) is 17.6 Å². The van der Waals surface area contributed by atoms with Gasteiger partial charge in [0.05, 0.1) is 5.92 Å². The first kappa shape index (κ1) is 17.5. The summed E-state index contributed by atoms with van der Waals surface area (Å²) in [5, 5.41) is 10.8. The van der Waals surface area contributed by atoms with Crippen molar-refractivity contribution in [3.05, 3.63) is 39.7 Å². The van der Waals surface area contributed by atoms with Crippen LogP contribution in [0.15, 0.2) is 27.4 Å². The van der Waals surface area contributed by atoms with Crippen LogP contribution in [0.5, 0.6) is 5.75 Å². The first-order valence-corrected chi connectivity index (χ1v) is 8.71. The van der Waals surface area contributed by atoms with E-state index in [1.165, 1.54) is 12.1 Å². The molecule has 3 rings (SSSR count). The molecule has 1 aliphatic heterocycles. The minimum atomic E-state index is -0.442. The molecule has 0 bridgehead atoms. The Hall–Kier alpha value is -2.34. The maximum absolute atomic E-state index is 11.9. The summed E-state index contributed by atoms with van der Waals surface area (Å²) in [6.07, 6.45) is 2.39. The molecule has 0 radical (unpaired) electrons. The number of rotatable bonds is 4. The van der Waals surface area contributed by atoms with Crippen LogP contribution in [0, 0.1) is 5.92 Å². The van der Waals surface area contributed by atoms with Gasteiger partial charge in [0.15, 0.2) is 0 Å². The summed E-state index contributed by atoms with van der Waals surface area (Å²) in [7, 11) is 0. The number of aryl methyl sites for hydroxylation is 1. The molecule has 0 spiro atoms. The fourth-order valence-electron chi connectivity index (χ4n) is 3.57. The monoisotopic (exact) mass is 344 g/mol. The van der Waals surface area contributed by atoms with Gasteiger partial charge in [0.1, 0.15) is 11.3 Å². The summed E-state index contributed by atoms with van der Waals surface area (Å²) < 4.78 is 5.25. The lowest BCUT2D eigenvalue weighted by Gasteiger charge is -2.37. The largest absolute Gasteiger partial charge is 0.508 e. The van der Waals surface area contributed by atoms with Gasteiger partial charge in [-0.1, -0.05) is 6.92 Å². The van der Waals surface area contributed by atoms with Gasteiger partial charge in [-0.25, -0.2) is 4.79 Å². The molecule has 0 unspecified atom stereocenters. The van der Waals surface area contributed by atoms with Gasteiger partial charge in [0.2, 0.25) is 5.91 Å². The Kier molecular flexibility index (Phi) is 4.81. The normalized spacial score (nSPS) is 21.5. The molecule has 2 atom stereocenters. The van der Waals surface area contributed by atoms with Crippen molar-refractivity contribution in [2.75, 3.05) is 6.54 Å². The van der Waals surface area contributed by atoms with E-state index in [4.69, 9.17) is 10.2 Å². The molecule has 25 heavy (non-hydrogen) atoms. The highest BCUT2D eigenvalue weighted by molar-refractivity contribution is 5.83. The topological polar surface area (TPSA) is 96.8 Å². The van der Waals surface area contributed by atoms with Gasteiger partial charge in [-0.05, 0) is 43.4 Å². The average Bonchev–Trinajstić information content (AvgIpc) is 2.55. The Bertz CT molecular complexity index is 858. The zero-order valence-corrected chi connectivity index (χ0v) is 14.6. The van der Waals surface area contributed by atoms with Crippen molar-refractivity contribution >= 4 is 16.9 Å². The number of piperidine rings is 1. The van der Waals surface area contributed by atoms with Crippen molar-refractivity contribution in [2.24, 2.45) is 11.7 Å². The zero-order valence-electron chi connectivity index (χ0n) is 14.6. The third-order valence-electron chi connectivity index (χ3n) is 5.20. The number of nitrogens with two attached hydrogens (primary N) is 1. The number of aromatic hydroxyl groups is 1. The van der Waals surface area contributed by atoms with Crippen molar-refractivity contribution < 1.29 is 14.3 Å². The molecule has 1 fully saturated rings. The average molecular weight is 344 g/mol. The van der Waals surface area contributed by atoms with Crippen molar-refractivity contribution in [2.45, 2.75) is 45.7 Å². The second-order valence-electron chi connectivity index (χ2n) is 6.88. The van der Waals surface area contributed by atoms with E-state index in [2.05, 4.69) is 11.8 Å². The fraction of sp³-hybridized carbons (Fsp3) is 0.474. The third-order valence-corrected chi connectivity index (χ3v) is 5.20. The molecular formula is C19H24N2O4. The second-order valence-corrected chi connectivity index (χ2v) is 6.88. The van der Waals surface area contributed by atoms with E-state index >= 15 is 0 Å². The molecule has 2 heterocycles. The Morgan fingerprint density at radius 2 is 2.08 bits per heavy atom. The highest BCUT2D eigenvalue weighted by Crippen LogP contribution is 2.29. The van der Waals surface area contributed by atoms with Crippen molar-refractivity contribution in [1.29, 1.82) is 0 Å². The van der Waals surface area contributed by atoms with Gasteiger partial charge >= 0.3 is 5.63 Å². The first-order chi connectivity index (χ1) is 11.9. The van der Waals surface area contributed by atoms with Crippen molar-refractivity contribution in [3.63, 3.8) is 0 Å². The van der Waals surface area contributed by atoms with Gasteiger partial charge in [0.25, 0.3) is 0 Å². The number of benzene rings is 1. The van der Waals surface area contributed by atoms with Crippen LogP contribution in [0.1, 0.15) is 37.8 Å². The maximum atomic E-state index is 11.9. The number of fused-ring (bicyclic) bond motifs is 1. The fourth-order valence-corrected chi connectivity index (χ4v) is 3.57. The van der Waals surface area contributed by atoms with E-state index in [0.717, 1.165) is 29.4 Å².